The first-order valence-electron chi connectivity index (χ1n) is 3.69. The van der Waals surface area contributed by atoms with Crippen LogP contribution in [0.1, 0.15) is 12.7 Å². The monoisotopic (exact) mass is 165 g/mol. The third-order valence-electron chi connectivity index (χ3n) is 1.58. The molecule has 0 fully saturated rings. The summed E-state index contributed by atoms with van der Waals surface area (Å²) in [6.07, 6.45) is 3.96. The molecular formula is C9H11NO2. The van der Waals surface area contributed by atoms with Gasteiger partial charge in [-0.15, -0.1) is 0 Å². The summed E-state index contributed by atoms with van der Waals surface area (Å²) in [7, 11) is 0. The molecule has 1 aromatic heterocycles. The highest BCUT2D eigenvalue weighted by atomic mass is 16.3. The van der Waals surface area contributed by atoms with E-state index in [4.69, 9.17) is 10.2 Å². The summed E-state index contributed by atoms with van der Waals surface area (Å²) >= 11 is 0. The van der Waals surface area contributed by atoms with E-state index in [9.17, 15) is 4.79 Å². The van der Waals surface area contributed by atoms with E-state index in [1.165, 1.54) is 0 Å². The van der Waals surface area contributed by atoms with Gasteiger partial charge in [-0.05, 0) is 19.1 Å². The summed E-state index contributed by atoms with van der Waals surface area (Å²) in [5.41, 5.74) is 5.60. The zero-order valence-electron chi connectivity index (χ0n) is 6.91. The van der Waals surface area contributed by atoms with Crippen LogP contribution in [0.15, 0.2) is 34.5 Å². The first-order chi connectivity index (χ1) is 5.70. The first-order valence-corrected chi connectivity index (χ1v) is 3.69. The van der Waals surface area contributed by atoms with E-state index in [1.54, 1.807) is 19.3 Å². The smallest absolute Gasteiger partial charge is 0.244 e. The van der Waals surface area contributed by atoms with E-state index in [1.807, 2.05) is 12.1 Å². The van der Waals surface area contributed by atoms with Gasteiger partial charge in [0, 0.05) is 12.0 Å². The Morgan fingerprint density at radius 3 is 3.00 bits per heavy atom. The Labute approximate surface area is 70.9 Å². The second-order valence-electron chi connectivity index (χ2n) is 2.53. The maximum Gasteiger partial charge on any atom is 0.244 e. The maximum atomic E-state index is 10.6. The Morgan fingerprint density at radius 1 is 1.75 bits per heavy atom. The number of amides is 1. The van der Waals surface area contributed by atoms with E-state index in [0.29, 0.717) is 12.0 Å². The number of furan rings is 1. The lowest BCUT2D eigenvalue weighted by Gasteiger charge is -1.92. The minimum Gasteiger partial charge on any atom is -0.469 e. The van der Waals surface area contributed by atoms with Crippen molar-refractivity contribution in [3.63, 3.8) is 0 Å². The number of carbonyl (C=O) groups excluding carboxylic acids is 1. The quantitative estimate of drug-likeness (QED) is 0.685. The van der Waals surface area contributed by atoms with Crippen molar-refractivity contribution in [2.24, 2.45) is 5.73 Å². The van der Waals surface area contributed by atoms with Gasteiger partial charge >= 0.3 is 0 Å². The summed E-state index contributed by atoms with van der Waals surface area (Å²) < 4.78 is 5.07. The SMILES string of the molecule is CC(=CCc1ccco1)C(N)=O. The fraction of sp³-hybridized carbons (Fsp3) is 0.222. The molecule has 0 saturated carbocycles. The third kappa shape index (κ3) is 2.27. The number of hydrogen-bond donors (Lipinski definition) is 1. The van der Waals surface area contributed by atoms with E-state index >= 15 is 0 Å². The Hall–Kier alpha value is -1.51. The van der Waals surface area contributed by atoms with Gasteiger partial charge in [-0.2, -0.15) is 0 Å². The Bertz CT molecular complexity index is 285. The zero-order chi connectivity index (χ0) is 8.97. The number of primary amides is 1. The number of nitrogens with two attached hydrogens (primary N) is 1. The number of carbonyl (C=O) groups is 1. The fourth-order valence-corrected chi connectivity index (χ4v) is 0.783. The van der Waals surface area contributed by atoms with E-state index in [-0.39, 0.29) is 5.91 Å². The molecule has 1 amide bonds. The zero-order valence-corrected chi connectivity index (χ0v) is 6.91. The Balaban J connectivity index is 2.55. The molecule has 2 N–H and O–H groups in total. The van der Waals surface area contributed by atoms with Crippen LogP contribution in [0.3, 0.4) is 0 Å². The molecule has 0 spiro atoms. The van der Waals surface area contributed by atoms with Crippen molar-refractivity contribution < 1.29 is 9.21 Å². The van der Waals surface area contributed by atoms with E-state index in [2.05, 4.69) is 0 Å². The van der Waals surface area contributed by atoms with Gasteiger partial charge in [-0.25, -0.2) is 0 Å². The molecule has 0 saturated heterocycles. The Kier molecular flexibility index (Phi) is 2.69. The average Bonchev–Trinajstić information content (AvgIpc) is 2.51. The summed E-state index contributed by atoms with van der Waals surface area (Å²) in [5, 5.41) is 0. The minimum atomic E-state index is -0.387. The highest BCUT2D eigenvalue weighted by Gasteiger charge is 1.97. The number of hydrogen-bond acceptors (Lipinski definition) is 2. The van der Waals surface area contributed by atoms with Gasteiger partial charge < -0.3 is 10.2 Å². The van der Waals surface area contributed by atoms with Gasteiger partial charge in [0.15, 0.2) is 0 Å². The summed E-state index contributed by atoms with van der Waals surface area (Å²) in [6, 6.07) is 3.66. The van der Waals surface area contributed by atoms with Crippen molar-refractivity contribution in [2.45, 2.75) is 13.3 Å². The van der Waals surface area contributed by atoms with Crippen LogP contribution in [0.5, 0.6) is 0 Å². The van der Waals surface area contributed by atoms with Gasteiger partial charge in [0.05, 0.1) is 6.26 Å². The van der Waals surface area contributed by atoms with Crippen LogP contribution in [-0.2, 0) is 11.2 Å². The van der Waals surface area contributed by atoms with Crippen LogP contribution in [0, 0.1) is 0 Å². The lowest BCUT2D eigenvalue weighted by Crippen LogP contribution is -2.11. The molecule has 3 nitrogen and oxygen atoms in total. The molecule has 3 heteroatoms. The molecule has 0 aliphatic carbocycles. The van der Waals surface area contributed by atoms with Gasteiger partial charge in [0.2, 0.25) is 5.91 Å². The predicted molar refractivity (Wildman–Crippen MR) is 45.4 cm³/mol. The van der Waals surface area contributed by atoms with Gasteiger partial charge in [-0.1, -0.05) is 6.08 Å². The summed E-state index contributed by atoms with van der Waals surface area (Å²) in [5.74, 6) is 0.442. The van der Waals surface area contributed by atoms with Gasteiger partial charge in [0.1, 0.15) is 5.76 Å². The largest absolute Gasteiger partial charge is 0.469 e. The molecule has 12 heavy (non-hydrogen) atoms. The highest BCUT2D eigenvalue weighted by molar-refractivity contribution is 5.91. The van der Waals surface area contributed by atoms with Crippen molar-refractivity contribution in [3.05, 3.63) is 35.8 Å². The van der Waals surface area contributed by atoms with Crippen LogP contribution in [0.25, 0.3) is 0 Å². The molecule has 0 bridgehead atoms. The van der Waals surface area contributed by atoms with Gasteiger partial charge in [0.25, 0.3) is 0 Å². The fourth-order valence-electron chi connectivity index (χ4n) is 0.783. The lowest BCUT2D eigenvalue weighted by atomic mass is 10.2. The molecule has 1 heterocycles. The van der Waals surface area contributed by atoms with Crippen LogP contribution in [0.2, 0.25) is 0 Å². The minimum absolute atomic E-state index is 0.387. The van der Waals surface area contributed by atoms with Crippen LogP contribution < -0.4 is 5.73 Å². The average molecular weight is 165 g/mol. The van der Waals surface area contributed by atoms with Crippen molar-refractivity contribution in [1.29, 1.82) is 0 Å². The molecule has 0 aromatic carbocycles. The van der Waals surface area contributed by atoms with Crippen molar-refractivity contribution >= 4 is 5.91 Å². The van der Waals surface area contributed by atoms with Crippen LogP contribution >= 0.6 is 0 Å². The lowest BCUT2D eigenvalue weighted by molar-refractivity contribution is -0.114. The molecule has 64 valence electrons. The molecule has 1 aromatic rings. The Morgan fingerprint density at radius 2 is 2.50 bits per heavy atom. The predicted octanol–water partition coefficient (Wildman–Crippen LogP) is 1.25. The molecule has 0 aliphatic rings. The van der Waals surface area contributed by atoms with Crippen molar-refractivity contribution in [1.82, 2.24) is 0 Å². The first kappa shape index (κ1) is 8.59. The normalized spacial score (nSPS) is 11.6. The summed E-state index contributed by atoms with van der Waals surface area (Å²) in [6.45, 7) is 1.69. The van der Waals surface area contributed by atoms with Gasteiger partial charge in [-0.3, -0.25) is 4.79 Å². The highest BCUT2D eigenvalue weighted by Crippen LogP contribution is 2.03. The third-order valence-corrected chi connectivity index (χ3v) is 1.58. The van der Waals surface area contributed by atoms with E-state index < -0.39 is 0 Å². The standard InChI is InChI=1S/C9H11NO2/c1-7(9(10)11)4-5-8-3-2-6-12-8/h2-4,6H,5H2,1H3,(H2,10,11). The van der Waals surface area contributed by atoms with Crippen molar-refractivity contribution in [2.75, 3.05) is 0 Å². The van der Waals surface area contributed by atoms with E-state index in [0.717, 1.165) is 5.76 Å². The molecule has 0 aliphatic heterocycles. The summed E-state index contributed by atoms with van der Waals surface area (Å²) in [4.78, 5) is 10.6. The molecule has 0 unspecified atom stereocenters. The number of allylic oxidation sites excluding steroid dienone is 1. The van der Waals surface area contributed by atoms with Crippen LogP contribution in [-0.4, -0.2) is 5.91 Å². The van der Waals surface area contributed by atoms with Crippen LogP contribution in [0.4, 0.5) is 0 Å². The maximum absolute atomic E-state index is 10.6. The molecular weight excluding hydrogens is 154 g/mol. The second kappa shape index (κ2) is 3.76. The molecule has 0 atom stereocenters. The second-order valence-corrected chi connectivity index (χ2v) is 2.53. The molecule has 0 radical (unpaired) electrons. The number of rotatable bonds is 3. The topological polar surface area (TPSA) is 56.2 Å². The molecule has 1 rings (SSSR count). The van der Waals surface area contributed by atoms with Crippen molar-refractivity contribution in [3.8, 4) is 0 Å².